The molecule has 5 nitrogen and oxygen atoms in total. The summed E-state index contributed by atoms with van der Waals surface area (Å²) in [6, 6.07) is 10.5. The zero-order valence-corrected chi connectivity index (χ0v) is 19.9. The molecule has 0 amide bonds. The zero-order valence-electron chi connectivity index (χ0n) is 17.6. The molecule has 0 bridgehead atoms. The van der Waals surface area contributed by atoms with E-state index in [0.29, 0.717) is 19.6 Å². The number of benzene rings is 1. The molecule has 0 radical (unpaired) electrons. The number of likely N-dealkylation sites (tertiary alicyclic amines) is 1. The van der Waals surface area contributed by atoms with Crippen molar-refractivity contribution in [2.75, 3.05) is 58.9 Å². The summed E-state index contributed by atoms with van der Waals surface area (Å²) in [6.07, 6.45) is -3.34. The minimum atomic E-state index is -4.12. The highest BCUT2D eigenvalue weighted by Gasteiger charge is 2.34. The van der Waals surface area contributed by atoms with Crippen LogP contribution >= 0.6 is 24.0 Å². The molecule has 0 aromatic heterocycles. The number of piperazine rings is 1. The van der Waals surface area contributed by atoms with Crippen molar-refractivity contribution in [3.8, 4) is 0 Å². The largest absolute Gasteiger partial charge is 0.401 e. The highest BCUT2D eigenvalue weighted by Crippen LogP contribution is 2.23. The number of rotatable bonds is 6. The van der Waals surface area contributed by atoms with Crippen LogP contribution in [0.2, 0.25) is 0 Å². The quantitative estimate of drug-likeness (QED) is 0.342. The van der Waals surface area contributed by atoms with Crippen LogP contribution in [-0.4, -0.2) is 85.7 Å². The van der Waals surface area contributed by atoms with Crippen molar-refractivity contribution in [2.45, 2.75) is 26.1 Å². The number of aliphatic imine (C=N–C) groups is 1. The van der Waals surface area contributed by atoms with Gasteiger partial charge in [0.1, 0.15) is 0 Å². The second kappa shape index (κ2) is 12.1. The van der Waals surface area contributed by atoms with Crippen molar-refractivity contribution in [1.82, 2.24) is 20.0 Å². The maximum Gasteiger partial charge on any atom is 0.401 e. The molecule has 3 rings (SSSR count). The molecule has 9 heteroatoms. The molecule has 1 atom stereocenters. The Bertz CT molecular complexity index is 648. The first-order chi connectivity index (χ1) is 13.9. The van der Waals surface area contributed by atoms with E-state index in [1.54, 1.807) is 0 Å². The van der Waals surface area contributed by atoms with Gasteiger partial charge in [-0.2, -0.15) is 13.2 Å². The van der Waals surface area contributed by atoms with Gasteiger partial charge in [-0.3, -0.25) is 14.8 Å². The smallest absolute Gasteiger partial charge is 0.357 e. The highest BCUT2D eigenvalue weighted by molar-refractivity contribution is 14.0. The van der Waals surface area contributed by atoms with Crippen LogP contribution < -0.4 is 5.32 Å². The lowest BCUT2D eigenvalue weighted by Crippen LogP contribution is -2.52. The standard InChI is InChI=1S/C21H32F3N5.HI/c1-2-25-20(26-14-19-8-9-28(16-19)17-21(22,23)24)29-12-10-27(11-13-29)15-18-6-4-3-5-7-18;/h3-7,19H,2,8-17H2,1H3,(H,25,26);1H. The number of nitrogens with zero attached hydrogens (tertiary/aromatic N) is 4. The fraction of sp³-hybridized carbons (Fsp3) is 0.667. The van der Waals surface area contributed by atoms with Gasteiger partial charge in [0.2, 0.25) is 0 Å². The summed E-state index contributed by atoms with van der Waals surface area (Å²) in [5, 5.41) is 3.35. The van der Waals surface area contributed by atoms with Crippen molar-refractivity contribution in [3.63, 3.8) is 0 Å². The molecule has 0 saturated carbocycles. The average Bonchev–Trinajstić information content (AvgIpc) is 3.12. The molecule has 1 unspecified atom stereocenters. The van der Waals surface area contributed by atoms with E-state index in [1.807, 2.05) is 13.0 Å². The second-order valence-corrected chi connectivity index (χ2v) is 7.95. The molecule has 2 aliphatic heterocycles. The van der Waals surface area contributed by atoms with Crippen molar-refractivity contribution in [2.24, 2.45) is 10.9 Å². The summed E-state index contributed by atoms with van der Waals surface area (Å²) >= 11 is 0. The van der Waals surface area contributed by atoms with Gasteiger partial charge >= 0.3 is 6.18 Å². The van der Waals surface area contributed by atoms with Crippen LogP contribution in [0, 0.1) is 5.92 Å². The van der Waals surface area contributed by atoms with Crippen molar-refractivity contribution in [3.05, 3.63) is 35.9 Å². The molecule has 2 fully saturated rings. The number of hydrogen-bond donors (Lipinski definition) is 1. The third-order valence-electron chi connectivity index (χ3n) is 5.53. The molecule has 2 heterocycles. The van der Waals surface area contributed by atoms with Crippen molar-refractivity contribution < 1.29 is 13.2 Å². The van der Waals surface area contributed by atoms with Gasteiger partial charge in [0, 0.05) is 52.4 Å². The molecule has 0 spiro atoms. The Balaban J connectivity index is 0.00000320. The van der Waals surface area contributed by atoms with Crippen LogP contribution in [-0.2, 0) is 6.54 Å². The first-order valence-corrected chi connectivity index (χ1v) is 10.5. The van der Waals surface area contributed by atoms with E-state index in [-0.39, 0.29) is 29.9 Å². The maximum atomic E-state index is 12.6. The summed E-state index contributed by atoms with van der Waals surface area (Å²) in [4.78, 5) is 11.0. The summed E-state index contributed by atoms with van der Waals surface area (Å²) in [7, 11) is 0. The Labute approximate surface area is 194 Å². The molecule has 1 aromatic carbocycles. The summed E-state index contributed by atoms with van der Waals surface area (Å²) in [5.74, 6) is 1.09. The lowest BCUT2D eigenvalue weighted by molar-refractivity contribution is -0.143. The SMILES string of the molecule is CCNC(=NCC1CCN(CC(F)(F)F)C1)N1CCN(Cc2ccccc2)CC1.I. The number of guanidine groups is 1. The number of halogens is 4. The zero-order chi connectivity index (χ0) is 20.7. The molecular weight excluding hydrogens is 506 g/mol. The van der Waals surface area contributed by atoms with Gasteiger partial charge < -0.3 is 10.2 Å². The molecule has 30 heavy (non-hydrogen) atoms. The van der Waals surface area contributed by atoms with Gasteiger partial charge in [0.15, 0.2) is 5.96 Å². The fourth-order valence-electron chi connectivity index (χ4n) is 4.06. The highest BCUT2D eigenvalue weighted by atomic mass is 127. The summed E-state index contributed by atoms with van der Waals surface area (Å²) in [5.41, 5.74) is 1.33. The molecule has 2 saturated heterocycles. The van der Waals surface area contributed by atoms with E-state index < -0.39 is 12.7 Å². The van der Waals surface area contributed by atoms with E-state index in [2.05, 4.69) is 39.4 Å². The van der Waals surface area contributed by atoms with Crippen molar-refractivity contribution >= 4 is 29.9 Å². The van der Waals surface area contributed by atoms with Crippen LogP contribution in [0.1, 0.15) is 18.9 Å². The molecular formula is C21H33F3IN5. The Kier molecular flexibility index (Phi) is 10.2. The van der Waals surface area contributed by atoms with Gasteiger partial charge in [0.25, 0.3) is 0 Å². The predicted octanol–water partition coefficient (Wildman–Crippen LogP) is 3.27. The number of nitrogens with one attached hydrogen (secondary N) is 1. The van der Waals surface area contributed by atoms with E-state index >= 15 is 0 Å². The van der Waals surface area contributed by atoms with Crippen LogP contribution in [0.15, 0.2) is 35.3 Å². The first-order valence-electron chi connectivity index (χ1n) is 10.5. The van der Waals surface area contributed by atoms with E-state index in [0.717, 1.165) is 51.6 Å². The first kappa shape index (κ1) is 25.2. The lowest BCUT2D eigenvalue weighted by Gasteiger charge is -2.36. The van der Waals surface area contributed by atoms with Gasteiger partial charge in [-0.15, -0.1) is 24.0 Å². The second-order valence-electron chi connectivity index (χ2n) is 7.95. The van der Waals surface area contributed by atoms with E-state index in [9.17, 15) is 13.2 Å². The molecule has 0 aliphatic carbocycles. The predicted molar refractivity (Wildman–Crippen MR) is 125 cm³/mol. The van der Waals surface area contributed by atoms with E-state index in [4.69, 9.17) is 4.99 Å². The summed E-state index contributed by atoms with van der Waals surface area (Å²) in [6.45, 7) is 8.31. The molecule has 1 N–H and O–H groups in total. The normalized spacial score (nSPS) is 21.5. The van der Waals surface area contributed by atoms with E-state index in [1.165, 1.54) is 10.5 Å². The van der Waals surface area contributed by atoms with Gasteiger partial charge in [-0.25, -0.2) is 0 Å². The van der Waals surface area contributed by atoms with Crippen LogP contribution in [0.25, 0.3) is 0 Å². The third kappa shape index (κ3) is 8.22. The lowest BCUT2D eigenvalue weighted by atomic mass is 10.1. The number of hydrogen-bond acceptors (Lipinski definition) is 3. The minimum Gasteiger partial charge on any atom is -0.357 e. The van der Waals surface area contributed by atoms with Gasteiger partial charge in [-0.1, -0.05) is 30.3 Å². The minimum absolute atomic E-state index is 0. The number of alkyl halides is 3. The van der Waals surface area contributed by atoms with Gasteiger partial charge in [0.05, 0.1) is 6.54 Å². The monoisotopic (exact) mass is 539 g/mol. The Hall–Kier alpha value is -1.07. The maximum absolute atomic E-state index is 12.6. The Morgan fingerprint density at radius 1 is 1.07 bits per heavy atom. The Morgan fingerprint density at radius 2 is 1.77 bits per heavy atom. The Morgan fingerprint density at radius 3 is 2.40 bits per heavy atom. The van der Waals surface area contributed by atoms with Crippen LogP contribution in [0.4, 0.5) is 13.2 Å². The van der Waals surface area contributed by atoms with Crippen molar-refractivity contribution in [1.29, 1.82) is 0 Å². The topological polar surface area (TPSA) is 34.1 Å². The summed E-state index contributed by atoms with van der Waals surface area (Å²) < 4.78 is 37.7. The molecule has 1 aromatic rings. The fourth-order valence-corrected chi connectivity index (χ4v) is 4.06. The van der Waals surface area contributed by atoms with Crippen LogP contribution in [0.5, 0.6) is 0 Å². The third-order valence-corrected chi connectivity index (χ3v) is 5.53. The van der Waals surface area contributed by atoms with Gasteiger partial charge in [-0.05, 0) is 31.4 Å². The molecule has 170 valence electrons. The average molecular weight is 539 g/mol. The molecule has 2 aliphatic rings. The van der Waals surface area contributed by atoms with Crippen LogP contribution in [0.3, 0.4) is 0 Å².